The average Bonchev–Trinajstić information content (AvgIpc) is 2.59. The maximum Gasteiger partial charge on any atom is 0.317 e. The molecule has 0 atom stereocenters. The molecule has 0 aliphatic carbocycles. The van der Waals surface area contributed by atoms with Gasteiger partial charge in [0.2, 0.25) is 5.91 Å². The van der Waals surface area contributed by atoms with E-state index in [1.807, 2.05) is 4.90 Å². The van der Waals surface area contributed by atoms with Gasteiger partial charge in [-0.1, -0.05) is 13.3 Å². The second-order valence-electron chi connectivity index (χ2n) is 5.37. The van der Waals surface area contributed by atoms with E-state index in [4.69, 9.17) is 24.4 Å². The topological polar surface area (TPSA) is 118 Å². The van der Waals surface area contributed by atoms with Gasteiger partial charge in [-0.25, -0.2) is 0 Å². The predicted octanol–water partition coefficient (Wildman–Crippen LogP) is -0.669. The molecule has 0 rings (SSSR count). The normalized spacial score (nSPS) is 11.0. The van der Waals surface area contributed by atoms with Crippen LogP contribution in [0.4, 0.5) is 0 Å². The van der Waals surface area contributed by atoms with Crippen LogP contribution in [-0.2, 0) is 23.8 Å². The van der Waals surface area contributed by atoms with Gasteiger partial charge in [0.05, 0.1) is 46.2 Å². The molecule has 0 fully saturated rings. The first-order valence-electron chi connectivity index (χ1n) is 8.65. The number of carbonyl (C=O) groups is 2. The van der Waals surface area contributed by atoms with E-state index in [1.54, 1.807) is 0 Å². The van der Waals surface area contributed by atoms with E-state index in [9.17, 15) is 9.59 Å². The highest BCUT2D eigenvalue weighted by Crippen LogP contribution is 1.95. The molecule has 0 aromatic rings. The summed E-state index contributed by atoms with van der Waals surface area (Å²) in [6.07, 6.45) is 2.00. The van der Waals surface area contributed by atoms with Gasteiger partial charge >= 0.3 is 5.97 Å². The molecule has 0 radical (unpaired) electrons. The second-order valence-corrected chi connectivity index (χ2v) is 5.37. The summed E-state index contributed by atoms with van der Waals surface area (Å²) in [7, 11) is 0. The van der Waals surface area contributed by atoms with Crippen LogP contribution in [0.5, 0.6) is 0 Å². The van der Waals surface area contributed by atoms with E-state index in [-0.39, 0.29) is 6.54 Å². The minimum absolute atomic E-state index is 0.0377. The fourth-order valence-electron chi connectivity index (χ4n) is 1.90. The summed E-state index contributed by atoms with van der Waals surface area (Å²) in [4.78, 5) is 23.4. The Labute approximate surface area is 149 Å². The third kappa shape index (κ3) is 17.4. The van der Waals surface area contributed by atoms with Crippen LogP contribution in [0.15, 0.2) is 0 Å². The monoisotopic (exact) mass is 364 g/mol. The van der Waals surface area contributed by atoms with Crippen molar-refractivity contribution in [2.24, 2.45) is 0 Å². The zero-order valence-electron chi connectivity index (χ0n) is 15.1. The van der Waals surface area contributed by atoms with Crippen molar-refractivity contribution in [1.29, 1.82) is 0 Å². The fourth-order valence-corrected chi connectivity index (χ4v) is 1.90. The van der Waals surface area contributed by atoms with E-state index < -0.39 is 18.5 Å². The van der Waals surface area contributed by atoms with Gasteiger partial charge in [-0.05, 0) is 13.0 Å². The van der Waals surface area contributed by atoms with E-state index in [1.165, 1.54) is 0 Å². The molecule has 0 aromatic heterocycles. The summed E-state index contributed by atoms with van der Waals surface area (Å²) in [6.45, 7) is 5.87. The Kier molecular flexibility index (Phi) is 16.7. The van der Waals surface area contributed by atoms with Crippen molar-refractivity contribution in [1.82, 2.24) is 10.2 Å². The second kappa shape index (κ2) is 17.6. The van der Waals surface area contributed by atoms with E-state index in [0.717, 1.165) is 19.4 Å². The zero-order valence-corrected chi connectivity index (χ0v) is 15.1. The Morgan fingerprint density at radius 2 is 1.56 bits per heavy atom. The third-order valence-corrected chi connectivity index (χ3v) is 3.19. The number of hydrogen-bond acceptors (Lipinski definition) is 7. The highest BCUT2D eigenvalue weighted by molar-refractivity contribution is 5.76. The van der Waals surface area contributed by atoms with Gasteiger partial charge < -0.3 is 29.7 Å². The molecule has 148 valence electrons. The molecule has 0 spiro atoms. The third-order valence-electron chi connectivity index (χ3n) is 3.19. The lowest BCUT2D eigenvalue weighted by atomic mass is 10.3. The number of carboxylic acids is 1. The number of ether oxygens (including phenoxy) is 3. The van der Waals surface area contributed by atoms with Crippen molar-refractivity contribution in [2.45, 2.75) is 19.8 Å². The number of nitrogens with zero attached hydrogens (tertiary/aromatic N) is 1. The van der Waals surface area contributed by atoms with Crippen molar-refractivity contribution in [3.8, 4) is 0 Å². The Balaban J connectivity index is 3.38. The molecule has 25 heavy (non-hydrogen) atoms. The maximum atomic E-state index is 10.8. The maximum absolute atomic E-state index is 10.8. The summed E-state index contributed by atoms with van der Waals surface area (Å²) >= 11 is 0. The van der Waals surface area contributed by atoms with Crippen LogP contribution in [-0.4, -0.2) is 99.4 Å². The molecular weight excluding hydrogens is 332 g/mol. The number of carboxylic acid groups (broad SMARTS) is 1. The molecule has 0 aliphatic heterocycles. The molecule has 3 N–H and O–H groups in total. The van der Waals surface area contributed by atoms with Gasteiger partial charge in [-0.15, -0.1) is 0 Å². The van der Waals surface area contributed by atoms with Gasteiger partial charge in [-0.2, -0.15) is 0 Å². The number of unbranched alkanes of at least 4 members (excludes halogenated alkanes) is 1. The number of hydrogen-bond donors (Lipinski definition) is 3. The van der Waals surface area contributed by atoms with Crippen molar-refractivity contribution < 1.29 is 34.0 Å². The molecular formula is C16H32N2O7. The van der Waals surface area contributed by atoms with Crippen LogP contribution < -0.4 is 5.32 Å². The van der Waals surface area contributed by atoms with Gasteiger partial charge in [0.15, 0.2) is 0 Å². The molecule has 1 amide bonds. The first-order valence-corrected chi connectivity index (χ1v) is 8.65. The molecule has 0 unspecified atom stereocenters. The number of nitrogens with one attached hydrogen (secondary N) is 1. The van der Waals surface area contributed by atoms with Crippen molar-refractivity contribution >= 4 is 11.9 Å². The van der Waals surface area contributed by atoms with Crippen LogP contribution >= 0.6 is 0 Å². The van der Waals surface area contributed by atoms with E-state index in [0.29, 0.717) is 52.7 Å². The number of aliphatic hydroxyl groups is 1. The lowest BCUT2D eigenvalue weighted by Gasteiger charge is -2.19. The molecule has 0 bridgehead atoms. The molecule has 0 aromatic carbocycles. The Morgan fingerprint density at radius 1 is 0.960 bits per heavy atom. The van der Waals surface area contributed by atoms with Gasteiger partial charge in [0.25, 0.3) is 0 Å². The molecule has 0 aliphatic rings. The number of aliphatic hydroxyl groups excluding tert-OH is 1. The van der Waals surface area contributed by atoms with Gasteiger partial charge in [-0.3, -0.25) is 14.5 Å². The van der Waals surface area contributed by atoms with Crippen LogP contribution in [0, 0.1) is 0 Å². The highest BCUT2D eigenvalue weighted by Gasteiger charge is 2.08. The Morgan fingerprint density at radius 3 is 2.12 bits per heavy atom. The van der Waals surface area contributed by atoms with E-state index in [2.05, 4.69) is 12.2 Å². The predicted molar refractivity (Wildman–Crippen MR) is 91.5 cm³/mol. The smallest absolute Gasteiger partial charge is 0.317 e. The minimum atomic E-state index is -0.824. The van der Waals surface area contributed by atoms with Crippen molar-refractivity contribution in [2.75, 3.05) is 72.4 Å². The van der Waals surface area contributed by atoms with Crippen molar-refractivity contribution in [3.63, 3.8) is 0 Å². The fraction of sp³-hybridized carbons (Fsp3) is 0.875. The zero-order chi connectivity index (χ0) is 18.8. The number of rotatable bonds is 18. The molecule has 9 nitrogen and oxygen atoms in total. The number of carbonyl (C=O) groups excluding carboxylic acids is 1. The minimum Gasteiger partial charge on any atom is -0.480 e. The van der Waals surface area contributed by atoms with Gasteiger partial charge in [0.1, 0.15) is 6.61 Å². The van der Waals surface area contributed by atoms with Crippen LogP contribution in [0.25, 0.3) is 0 Å². The van der Waals surface area contributed by atoms with Crippen LogP contribution in [0.2, 0.25) is 0 Å². The van der Waals surface area contributed by atoms with Crippen LogP contribution in [0.3, 0.4) is 0 Å². The lowest BCUT2D eigenvalue weighted by Crippen LogP contribution is -2.33. The Hall–Kier alpha value is -1.26. The summed E-state index contributed by atoms with van der Waals surface area (Å²) in [6, 6.07) is 0. The first-order chi connectivity index (χ1) is 12.1. The molecule has 0 saturated heterocycles. The summed E-state index contributed by atoms with van der Waals surface area (Å²) in [5.41, 5.74) is 0. The summed E-state index contributed by atoms with van der Waals surface area (Å²) in [5, 5.41) is 19.8. The largest absolute Gasteiger partial charge is 0.480 e. The standard InChI is InChI=1S/C16H32N2O7/c1-2-3-5-18(13-16(21)22)6-8-24-10-12-25-11-9-23-7-4-17-15(20)14-19/h19H,2-14H2,1H3,(H,17,20)(H,21,22). The number of aliphatic carboxylic acids is 1. The summed E-state index contributed by atoms with van der Waals surface area (Å²) < 4.78 is 16.0. The lowest BCUT2D eigenvalue weighted by molar-refractivity contribution is -0.138. The Bertz CT molecular complexity index is 342. The SMILES string of the molecule is CCCCN(CCOCCOCCOCCNC(=O)CO)CC(=O)O. The molecule has 9 heteroatoms. The van der Waals surface area contributed by atoms with Gasteiger partial charge in [0, 0.05) is 13.1 Å². The first kappa shape index (κ1) is 23.7. The average molecular weight is 364 g/mol. The van der Waals surface area contributed by atoms with E-state index >= 15 is 0 Å². The van der Waals surface area contributed by atoms with Crippen molar-refractivity contribution in [3.05, 3.63) is 0 Å². The molecule has 0 saturated carbocycles. The quantitative estimate of drug-likeness (QED) is 0.274. The summed E-state index contributed by atoms with van der Waals surface area (Å²) in [5.74, 6) is -1.25. The number of amides is 1. The highest BCUT2D eigenvalue weighted by atomic mass is 16.5. The molecule has 0 heterocycles. The van der Waals surface area contributed by atoms with Crippen LogP contribution in [0.1, 0.15) is 19.8 Å².